The van der Waals surface area contributed by atoms with Crippen molar-refractivity contribution < 1.29 is 9.59 Å². The topological polar surface area (TPSA) is 49.4 Å². The maximum atomic E-state index is 12.4. The van der Waals surface area contributed by atoms with Crippen LogP contribution in [0.3, 0.4) is 0 Å². The van der Waals surface area contributed by atoms with Gasteiger partial charge >= 0.3 is 0 Å². The van der Waals surface area contributed by atoms with Gasteiger partial charge in [-0.2, -0.15) is 0 Å². The predicted molar refractivity (Wildman–Crippen MR) is 73.5 cm³/mol. The molecule has 98 valence electrons. The fourth-order valence-corrected chi connectivity index (χ4v) is 2.33. The first-order valence-corrected chi connectivity index (χ1v) is 6.44. The Morgan fingerprint density at radius 1 is 1.44 bits per heavy atom. The third-order valence-corrected chi connectivity index (χ3v) is 3.78. The second-order valence-electron chi connectivity index (χ2n) is 4.34. The smallest absolute Gasteiger partial charge is 0.245 e. The Morgan fingerprint density at radius 2 is 2.06 bits per heavy atom. The van der Waals surface area contributed by atoms with Gasteiger partial charge < -0.3 is 5.32 Å². The van der Waals surface area contributed by atoms with Crippen molar-refractivity contribution in [3.05, 3.63) is 0 Å². The number of rotatable bonds is 2. The first-order valence-electron chi connectivity index (χ1n) is 6.03. The summed E-state index contributed by atoms with van der Waals surface area (Å²) in [6, 6.07) is 0. The first-order chi connectivity index (χ1) is 8.41. The lowest BCUT2D eigenvalue weighted by Crippen LogP contribution is -2.64. The zero-order valence-electron chi connectivity index (χ0n) is 11.2. The van der Waals surface area contributed by atoms with Gasteiger partial charge in [0.15, 0.2) is 5.11 Å². The van der Waals surface area contributed by atoms with Crippen molar-refractivity contribution in [2.75, 3.05) is 7.05 Å². The second-order valence-corrected chi connectivity index (χ2v) is 4.73. The molecule has 0 aromatic rings. The molecule has 0 bridgehead atoms. The molecule has 0 aromatic carbocycles. The molecule has 4 nitrogen and oxygen atoms in total. The van der Waals surface area contributed by atoms with E-state index in [0.717, 1.165) is 0 Å². The minimum absolute atomic E-state index is 0.157. The molecule has 1 saturated heterocycles. The zero-order valence-corrected chi connectivity index (χ0v) is 12.0. The van der Waals surface area contributed by atoms with E-state index in [0.29, 0.717) is 12.8 Å². The molecule has 0 radical (unpaired) electrons. The molecular formula is C13H18N2O2S. The molecule has 5 heteroatoms. The van der Waals surface area contributed by atoms with Crippen molar-refractivity contribution >= 4 is 29.1 Å². The lowest BCUT2D eigenvalue weighted by atomic mass is 9.71. The van der Waals surface area contributed by atoms with Gasteiger partial charge in [-0.1, -0.05) is 19.8 Å². The second kappa shape index (κ2) is 5.49. The molecule has 1 heterocycles. The molecule has 0 spiro atoms. The van der Waals surface area contributed by atoms with Crippen LogP contribution in [-0.4, -0.2) is 28.9 Å². The Kier molecular flexibility index (Phi) is 4.47. The molecule has 0 aromatic heterocycles. The molecule has 1 rings (SSSR count). The summed E-state index contributed by atoms with van der Waals surface area (Å²) in [5.74, 6) is 4.99. The minimum Gasteiger partial charge on any atom is -0.302 e. The number of thiocarbonyl (C=S) groups is 1. The number of nitrogens with zero attached hydrogens (tertiary/aromatic N) is 1. The lowest BCUT2D eigenvalue weighted by molar-refractivity contribution is -0.151. The maximum Gasteiger partial charge on any atom is 0.245 e. The molecule has 0 aliphatic carbocycles. The standard InChI is InChI=1S/C13H18N2O2S/c1-5-7-8-9(3)13(6-2)10(16)14-12(18)15(4)11(13)17/h9H,5-6H2,1-4H3,(H,14,16,18). The third kappa shape index (κ3) is 2.13. The molecule has 1 aliphatic rings. The van der Waals surface area contributed by atoms with Crippen LogP contribution >= 0.6 is 12.2 Å². The van der Waals surface area contributed by atoms with E-state index in [1.165, 1.54) is 4.90 Å². The van der Waals surface area contributed by atoms with Gasteiger partial charge in [0, 0.05) is 19.4 Å². The van der Waals surface area contributed by atoms with Gasteiger partial charge in [-0.3, -0.25) is 14.5 Å². The molecule has 1 aliphatic heterocycles. The fourth-order valence-electron chi connectivity index (χ4n) is 2.16. The molecular weight excluding hydrogens is 248 g/mol. The summed E-state index contributed by atoms with van der Waals surface area (Å²) in [5, 5.41) is 2.75. The van der Waals surface area contributed by atoms with Gasteiger partial charge in [0.05, 0.1) is 0 Å². The highest BCUT2D eigenvalue weighted by molar-refractivity contribution is 7.80. The Hall–Kier alpha value is -1.41. The number of amides is 2. The summed E-state index contributed by atoms with van der Waals surface area (Å²) < 4.78 is 0. The van der Waals surface area contributed by atoms with Crippen LogP contribution in [0.15, 0.2) is 0 Å². The summed E-state index contributed by atoms with van der Waals surface area (Å²) in [6.45, 7) is 5.57. The van der Waals surface area contributed by atoms with E-state index in [-0.39, 0.29) is 22.8 Å². The first kappa shape index (κ1) is 14.7. The largest absolute Gasteiger partial charge is 0.302 e. The molecule has 0 saturated carbocycles. The zero-order chi connectivity index (χ0) is 13.9. The van der Waals surface area contributed by atoms with Crippen LogP contribution in [0, 0.1) is 23.2 Å². The highest BCUT2D eigenvalue weighted by atomic mass is 32.1. The predicted octanol–water partition coefficient (Wildman–Crippen LogP) is 1.31. The van der Waals surface area contributed by atoms with Crippen LogP contribution in [-0.2, 0) is 9.59 Å². The SMILES string of the molecule is CCC#CC(C)C1(CC)C(=O)NC(=S)N(C)C1=O. The van der Waals surface area contributed by atoms with Gasteiger partial charge in [-0.15, -0.1) is 5.92 Å². The van der Waals surface area contributed by atoms with Crippen LogP contribution in [0.2, 0.25) is 0 Å². The van der Waals surface area contributed by atoms with Crippen LogP contribution in [0.1, 0.15) is 33.6 Å². The molecule has 18 heavy (non-hydrogen) atoms. The van der Waals surface area contributed by atoms with Crippen molar-refractivity contribution in [1.29, 1.82) is 0 Å². The number of hydrogen-bond acceptors (Lipinski definition) is 3. The Bertz CT molecular complexity index is 450. The van der Waals surface area contributed by atoms with Gasteiger partial charge in [0.1, 0.15) is 5.41 Å². The molecule has 1 N–H and O–H groups in total. The summed E-state index contributed by atoms with van der Waals surface area (Å²) >= 11 is 4.94. The van der Waals surface area contributed by atoms with Crippen LogP contribution in [0.25, 0.3) is 0 Å². The Labute approximate surface area is 113 Å². The monoisotopic (exact) mass is 266 g/mol. The number of nitrogens with one attached hydrogen (secondary N) is 1. The van der Waals surface area contributed by atoms with E-state index in [1.54, 1.807) is 7.05 Å². The van der Waals surface area contributed by atoms with E-state index < -0.39 is 5.41 Å². The van der Waals surface area contributed by atoms with Crippen molar-refractivity contribution in [3.8, 4) is 11.8 Å². The molecule has 2 amide bonds. The summed E-state index contributed by atoms with van der Waals surface area (Å²) in [4.78, 5) is 25.9. The third-order valence-electron chi connectivity index (χ3n) is 3.41. The summed E-state index contributed by atoms with van der Waals surface area (Å²) in [7, 11) is 1.58. The number of carbonyl (C=O) groups is 2. The highest BCUT2D eigenvalue weighted by Crippen LogP contribution is 2.36. The quantitative estimate of drug-likeness (QED) is 0.466. The van der Waals surface area contributed by atoms with E-state index in [4.69, 9.17) is 12.2 Å². The molecule has 2 unspecified atom stereocenters. The summed E-state index contributed by atoms with van der Waals surface area (Å²) in [5.41, 5.74) is -1.13. The van der Waals surface area contributed by atoms with Crippen molar-refractivity contribution in [2.45, 2.75) is 33.6 Å². The molecule has 2 atom stereocenters. The van der Waals surface area contributed by atoms with Gasteiger partial charge in [-0.05, 0) is 25.6 Å². The average molecular weight is 266 g/mol. The minimum atomic E-state index is -1.13. The van der Waals surface area contributed by atoms with E-state index in [1.807, 2.05) is 20.8 Å². The molecule has 1 fully saturated rings. The van der Waals surface area contributed by atoms with E-state index >= 15 is 0 Å². The van der Waals surface area contributed by atoms with Crippen LogP contribution in [0.4, 0.5) is 0 Å². The van der Waals surface area contributed by atoms with Crippen molar-refractivity contribution in [2.24, 2.45) is 11.3 Å². The Morgan fingerprint density at radius 3 is 2.56 bits per heavy atom. The average Bonchev–Trinajstić information content (AvgIpc) is 2.34. The summed E-state index contributed by atoms with van der Waals surface area (Å²) in [6.07, 6.45) is 1.11. The number of hydrogen-bond donors (Lipinski definition) is 1. The van der Waals surface area contributed by atoms with Crippen LogP contribution in [0.5, 0.6) is 0 Å². The number of carbonyl (C=O) groups excluding carboxylic acids is 2. The highest BCUT2D eigenvalue weighted by Gasteiger charge is 2.53. The normalized spacial score (nSPS) is 25.3. The van der Waals surface area contributed by atoms with Crippen LogP contribution < -0.4 is 5.32 Å². The van der Waals surface area contributed by atoms with Crippen molar-refractivity contribution in [3.63, 3.8) is 0 Å². The van der Waals surface area contributed by atoms with Gasteiger partial charge in [0.2, 0.25) is 11.8 Å². The van der Waals surface area contributed by atoms with E-state index in [2.05, 4.69) is 17.2 Å². The maximum absolute atomic E-state index is 12.4. The van der Waals surface area contributed by atoms with Crippen molar-refractivity contribution in [1.82, 2.24) is 10.2 Å². The van der Waals surface area contributed by atoms with Gasteiger partial charge in [-0.25, -0.2) is 0 Å². The lowest BCUT2D eigenvalue weighted by Gasteiger charge is -2.40. The fraction of sp³-hybridized carbons (Fsp3) is 0.615. The Balaban J connectivity index is 3.23. The van der Waals surface area contributed by atoms with E-state index in [9.17, 15) is 9.59 Å². The van der Waals surface area contributed by atoms with Gasteiger partial charge in [0.25, 0.3) is 0 Å².